The molecule has 0 aromatic heterocycles. The summed E-state index contributed by atoms with van der Waals surface area (Å²) in [6, 6.07) is 9.80. The van der Waals surface area contributed by atoms with Crippen LogP contribution in [0.4, 0.5) is 4.39 Å². The minimum atomic E-state index is -0.392. The Bertz CT molecular complexity index is 339. The van der Waals surface area contributed by atoms with E-state index in [1.165, 1.54) is 0 Å². The lowest BCUT2D eigenvalue weighted by Crippen LogP contribution is -2.24. The van der Waals surface area contributed by atoms with Gasteiger partial charge < -0.3 is 4.90 Å². The number of alkyl halides is 1. The van der Waals surface area contributed by atoms with E-state index in [0.29, 0.717) is 19.5 Å². The van der Waals surface area contributed by atoms with Gasteiger partial charge in [-0.05, 0) is 5.56 Å². The number of benzene rings is 1. The van der Waals surface area contributed by atoms with Crippen LogP contribution in [-0.4, -0.2) is 24.0 Å². The molecule has 1 amide bonds. The standard InChI is InChI=1S/C12H14FNO/c13-7-11-6-12(15)14(9-11)8-10-4-2-1-3-5-10/h1-5,11H,6-9H2/t11-/m0/s1. The van der Waals surface area contributed by atoms with Gasteiger partial charge in [0.05, 0.1) is 6.67 Å². The summed E-state index contributed by atoms with van der Waals surface area (Å²) in [6.07, 6.45) is 0.364. The maximum Gasteiger partial charge on any atom is 0.223 e. The van der Waals surface area contributed by atoms with Gasteiger partial charge in [-0.3, -0.25) is 9.18 Å². The molecule has 1 fully saturated rings. The van der Waals surface area contributed by atoms with Crippen LogP contribution in [0.3, 0.4) is 0 Å². The van der Waals surface area contributed by atoms with Gasteiger partial charge in [0.15, 0.2) is 0 Å². The van der Waals surface area contributed by atoms with Crippen LogP contribution in [0.25, 0.3) is 0 Å². The van der Waals surface area contributed by atoms with Crippen molar-refractivity contribution in [2.75, 3.05) is 13.2 Å². The lowest BCUT2D eigenvalue weighted by molar-refractivity contribution is -0.128. The van der Waals surface area contributed by atoms with Crippen LogP contribution < -0.4 is 0 Å². The summed E-state index contributed by atoms with van der Waals surface area (Å²) in [5.41, 5.74) is 1.10. The van der Waals surface area contributed by atoms with E-state index in [2.05, 4.69) is 0 Å². The van der Waals surface area contributed by atoms with Crippen molar-refractivity contribution in [3.8, 4) is 0 Å². The molecule has 1 aliphatic heterocycles. The molecule has 0 bridgehead atoms. The van der Waals surface area contributed by atoms with Crippen molar-refractivity contribution in [2.45, 2.75) is 13.0 Å². The van der Waals surface area contributed by atoms with Gasteiger partial charge in [-0.15, -0.1) is 0 Å². The number of carbonyl (C=O) groups excluding carboxylic acids is 1. The average molecular weight is 207 g/mol. The molecule has 1 heterocycles. The van der Waals surface area contributed by atoms with E-state index in [9.17, 15) is 9.18 Å². The first kappa shape index (κ1) is 10.1. The van der Waals surface area contributed by atoms with Crippen molar-refractivity contribution in [3.63, 3.8) is 0 Å². The Morgan fingerprint density at radius 1 is 1.33 bits per heavy atom. The Kier molecular flexibility index (Phi) is 2.99. The van der Waals surface area contributed by atoms with Gasteiger partial charge in [0.2, 0.25) is 5.91 Å². The zero-order chi connectivity index (χ0) is 10.7. The monoisotopic (exact) mass is 207 g/mol. The number of nitrogens with zero attached hydrogens (tertiary/aromatic N) is 1. The highest BCUT2D eigenvalue weighted by Gasteiger charge is 2.29. The van der Waals surface area contributed by atoms with Crippen LogP contribution >= 0.6 is 0 Å². The summed E-state index contributed by atoms with van der Waals surface area (Å²) in [4.78, 5) is 13.2. The van der Waals surface area contributed by atoms with E-state index in [-0.39, 0.29) is 11.8 Å². The van der Waals surface area contributed by atoms with Crippen LogP contribution in [0.1, 0.15) is 12.0 Å². The third-order valence-corrected chi connectivity index (χ3v) is 2.73. The average Bonchev–Trinajstić information content (AvgIpc) is 2.61. The molecular formula is C12H14FNO. The highest BCUT2D eigenvalue weighted by Crippen LogP contribution is 2.20. The molecule has 80 valence electrons. The molecule has 1 aromatic carbocycles. The first-order valence-corrected chi connectivity index (χ1v) is 5.17. The van der Waals surface area contributed by atoms with E-state index in [4.69, 9.17) is 0 Å². The molecule has 0 N–H and O–H groups in total. The van der Waals surface area contributed by atoms with Crippen molar-refractivity contribution in [1.29, 1.82) is 0 Å². The molecule has 1 aromatic rings. The van der Waals surface area contributed by atoms with E-state index in [0.717, 1.165) is 5.56 Å². The van der Waals surface area contributed by atoms with E-state index in [1.807, 2.05) is 30.3 Å². The smallest absolute Gasteiger partial charge is 0.223 e. The second-order valence-corrected chi connectivity index (χ2v) is 3.98. The largest absolute Gasteiger partial charge is 0.338 e. The zero-order valence-corrected chi connectivity index (χ0v) is 8.53. The number of hydrogen-bond donors (Lipinski definition) is 0. The first-order valence-electron chi connectivity index (χ1n) is 5.17. The Morgan fingerprint density at radius 2 is 2.07 bits per heavy atom. The van der Waals surface area contributed by atoms with E-state index < -0.39 is 6.67 Å². The maximum atomic E-state index is 12.4. The second kappa shape index (κ2) is 4.43. The molecule has 15 heavy (non-hydrogen) atoms. The van der Waals surface area contributed by atoms with Crippen molar-refractivity contribution >= 4 is 5.91 Å². The number of carbonyl (C=O) groups is 1. The number of rotatable bonds is 3. The molecule has 0 unspecified atom stereocenters. The second-order valence-electron chi connectivity index (χ2n) is 3.98. The molecule has 1 saturated heterocycles. The van der Waals surface area contributed by atoms with Gasteiger partial charge in [-0.25, -0.2) is 0 Å². The molecule has 1 atom stereocenters. The first-order chi connectivity index (χ1) is 7.29. The van der Waals surface area contributed by atoms with Crippen LogP contribution in [0.15, 0.2) is 30.3 Å². The summed E-state index contributed by atoms with van der Waals surface area (Å²) in [6.45, 7) is 0.775. The highest BCUT2D eigenvalue weighted by atomic mass is 19.1. The fourth-order valence-electron chi connectivity index (χ4n) is 1.91. The third kappa shape index (κ3) is 2.35. The molecular weight excluding hydrogens is 193 g/mol. The summed E-state index contributed by atoms with van der Waals surface area (Å²) in [7, 11) is 0. The molecule has 0 spiro atoms. The predicted molar refractivity (Wildman–Crippen MR) is 55.9 cm³/mol. The minimum absolute atomic E-state index is 0.0708. The summed E-state index contributed by atoms with van der Waals surface area (Å²) < 4.78 is 12.4. The van der Waals surface area contributed by atoms with Crippen molar-refractivity contribution in [3.05, 3.63) is 35.9 Å². The number of halogens is 1. The Morgan fingerprint density at radius 3 is 2.67 bits per heavy atom. The van der Waals surface area contributed by atoms with E-state index in [1.54, 1.807) is 4.90 Å². The van der Waals surface area contributed by atoms with Gasteiger partial charge in [-0.1, -0.05) is 30.3 Å². The SMILES string of the molecule is O=C1C[C@@H](CF)CN1Cc1ccccc1. The molecule has 3 heteroatoms. The number of hydrogen-bond acceptors (Lipinski definition) is 1. The van der Waals surface area contributed by atoms with Crippen molar-refractivity contribution in [2.24, 2.45) is 5.92 Å². The molecule has 0 saturated carbocycles. The Hall–Kier alpha value is -1.38. The summed E-state index contributed by atoms with van der Waals surface area (Å²) >= 11 is 0. The molecule has 2 nitrogen and oxygen atoms in total. The maximum absolute atomic E-state index is 12.4. The van der Waals surface area contributed by atoms with Crippen LogP contribution in [-0.2, 0) is 11.3 Å². The Labute approximate surface area is 88.7 Å². The topological polar surface area (TPSA) is 20.3 Å². The van der Waals surface area contributed by atoms with Gasteiger partial charge in [0.1, 0.15) is 0 Å². The van der Waals surface area contributed by atoms with Gasteiger partial charge in [0, 0.05) is 25.4 Å². The van der Waals surface area contributed by atoms with E-state index >= 15 is 0 Å². The van der Waals surface area contributed by atoms with Gasteiger partial charge in [-0.2, -0.15) is 0 Å². The lowest BCUT2D eigenvalue weighted by Gasteiger charge is -2.15. The zero-order valence-electron chi connectivity index (χ0n) is 8.53. The highest BCUT2D eigenvalue weighted by molar-refractivity contribution is 5.78. The predicted octanol–water partition coefficient (Wildman–Crippen LogP) is 2.00. The molecule has 0 aliphatic carbocycles. The summed E-state index contributed by atoms with van der Waals surface area (Å²) in [5, 5.41) is 0. The number of likely N-dealkylation sites (tertiary alicyclic amines) is 1. The van der Waals surface area contributed by atoms with Gasteiger partial charge >= 0.3 is 0 Å². The van der Waals surface area contributed by atoms with Crippen LogP contribution in [0.2, 0.25) is 0 Å². The van der Waals surface area contributed by atoms with Crippen molar-refractivity contribution < 1.29 is 9.18 Å². The van der Waals surface area contributed by atoms with Gasteiger partial charge in [0.25, 0.3) is 0 Å². The fraction of sp³-hybridized carbons (Fsp3) is 0.417. The molecule has 0 radical (unpaired) electrons. The normalized spacial score (nSPS) is 21.0. The molecule has 1 aliphatic rings. The van der Waals surface area contributed by atoms with Crippen molar-refractivity contribution in [1.82, 2.24) is 4.90 Å². The molecule has 2 rings (SSSR count). The van der Waals surface area contributed by atoms with Crippen LogP contribution in [0.5, 0.6) is 0 Å². The number of amides is 1. The Balaban J connectivity index is 1.99. The quantitative estimate of drug-likeness (QED) is 0.742. The van der Waals surface area contributed by atoms with Crippen LogP contribution in [0, 0.1) is 5.92 Å². The lowest BCUT2D eigenvalue weighted by atomic mass is 10.1. The third-order valence-electron chi connectivity index (χ3n) is 2.73. The minimum Gasteiger partial charge on any atom is -0.338 e. The fourth-order valence-corrected chi connectivity index (χ4v) is 1.91. The summed E-state index contributed by atoms with van der Waals surface area (Å²) in [5.74, 6) is -0.0253.